The summed E-state index contributed by atoms with van der Waals surface area (Å²) in [6.45, 7) is 12.4. The topological polar surface area (TPSA) is 0 Å². The van der Waals surface area contributed by atoms with Crippen LogP contribution in [0.1, 0.15) is 35.0 Å². The van der Waals surface area contributed by atoms with Gasteiger partial charge in [-0.15, -0.1) is 17.7 Å². The Balaban J connectivity index is -0.0000000806. The molecule has 0 saturated heterocycles. The third-order valence-electron chi connectivity index (χ3n) is 7.34. The molecule has 0 bridgehead atoms. The van der Waals surface area contributed by atoms with E-state index in [-0.39, 0.29) is 116 Å². The summed E-state index contributed by atoms with van der Waals surface area (Å²) in [6, 6.07) is 60.4. The molecule has 0 heterocycles. The van der Waals surface area contributed by atoms with Crippen LogP contribution < -0.4 is 17.0 Å². The van der Waals surface area contributed by atoms with Crippen LogP contribution in [-0.2, 0) is 0 Å². The van der Waals surface area contributed by atoms with Gasteiger partial charge < -0.3 is 24.1 Å². The van der Waals surface area contributed by atoms with E-state index in [9.17, 15) is 0 Å². The van der Waals surface area contributed by atoms with Gasteiger partial charge in [0.1, 0.15) is 0 Å². The number of aryl methyl sites for hydroxylation is 4. The van der Waals surface area contributed by atoms with Gasteiger partial charge in [0.15, 0.2) is 0 Å². The standard InChI is InChI=1S/C14H13.C13H11I.C7H7Br.C7H7.C6H4BrCl.BrH.I2.4Mg.5H/c1-11-7-9-13(10-8-11)14-6-4-3-5-12(14)2;1-10-6-8-11(9-7-10)12-4-2-3-5-13(12)14;1-6-2-4-7(8)5-3-6;1-7-5-3-2-4-6-7;7-5-3-1-2-4-6(5)8;;1-2;;;;;;;;;/h3-10H,2H2,1H3;2-9H,1H3;2-5H,1H3;3-6H,1H3;1-4H;1H;;;;;;;;;;/q-1;;;-1;;;;4*+2;5*-1/p-1. The van der Waals surface area contributed by atoms with E-state index >= 15 is 0 Å². The van der Waals surface area contributed by atoms with Crippen LogP contribution in [0.3, 0.4) is 0 Å². The van der Waals surface area contributed by atoms with Crippen molar-refractivity contribution in [1.29, 1.82) is 0 Å². The quantitative estimate of drug-likeness (QED) is 0.0919. The predicted octanol–water partition coefficient (Wildman–Crippen LogP) is 13.6. The van der Waals surface area contributed by atoms with E-state index in [0.717, 1.165) is 19.5 Å². The Morgan fingerprint density at radius 2 is 0.862 bits per heavy atom. The number of benzene rings is 7. The maximum absolute atomic E-state index is 5.66. The molecule has 0 atom stereocenters. The van der Waals surface area contributed by atoms with Crippen molar-refractivity contribution in [3.8, 4) is 22.3 Å². The largest absolute Gasteiger partial charge is 2.00 e. The Kier molecular flexibility index (Phi) is 45.5. The summed E-state index contributed by atoms with van der Waals surface area (Å²) in [6.07, 6.45) is 0. The van der Waals surface area contributed by atoms with E-state index < -0.39 is 0 Å². The summed E-state index contributed by atoms with van der Waals surface area (Å²) >= 11 is 18.9. The fourth-order valence-electron chi connectivity index (χ4n) is 4.41. The van der Waals surface area contributed by atoms with Crippen molar-refractivity contribution in [2.24, 2.45) is 0 Å². The minimum atomic E-state index is 0. The van der Waals surface area contributed by atoms with Crippen LogP contribution in [0.25, 0.3) is 22.3 Å². The normalized spacial score (nSPS) is 8.59. The summed E-state index contributed by atoms with van der Waals surface area (Å²) in [5.41, 5.74) is 11.3. The van der Waals surface area contributed by atoms with Crippen molar-refractivity contribution < 1.29 is 24.1 Å². The summed E-state index contributed by atoms with van der Waals surface area (Å²) in [4.78, 5) is 0. The van der Waals surface area contributed by atoms with E-state index in [1.54, 1.807) is 0 Å². The zero-order valence-electron chi connectivity index (χ0n) is 38.3. The molecule has 7 aromatic carbocycles. The molecule has 0 aliphatic rings. The third-order valence-corrected chi connectivity index (χ3v) is 10.1. The summed E-state index contributed by atoms with van der Waals surface area (Å²) < 4.78 is 3.39. The van der Waals surface area contributed by atoms with Crippen LogP contribution in [0.5, 0.6) is 0 Å². The number of hydrogen-bond acceptors (Lipinski definition) is 0. The van der Waals surface area contributed by atoms with Crippen molar-refractivity contribution in [1.82, 2.24) is 0 Å². The van der Waals surface area contributed by atoms with E-state index in [1.165, 1.54) is 48.1 Å². The molecule has 11 heteroatoms. The Hall–Kier alpha value is 1.39. The SMILES string of the molecule is Cc1cc[c-]cc1.Cc1ccc(-c2ccccc2I)cc1.Cc1ccc(Br)cc1.Clc1ccccc1Br.II.[Br-].[CH2-]c1ccccc1-c1ccc(C)cc1.[H-].[H-].[H-].[H-].[H-].[Mg+2].[Mg+2].[Mg+2].[Mg+2]. The molecule has 0 radical (unpaired) electrons. The molecule has 0 N–H and O–H groups in total. The molecule has 7 rings (SSSR count). The second-order valence-corrected chi connectivity index (χ2v) is 15.0. The molecule has 0 nitrogen and oxygen atoms in total. The molecule has 58 heavy (non-hydrogen) atoms. The Morgan fingerprint density at radius 3 is 1.22 bits per heavy atom. The van der Waals surface area contributed by atoms with E-state index in [1.807, 2.05) is 78.9 Å². The molecule has 0 amide bonds. The van der Waals surface area contributed by atoms with Gasteiger partial charge in [-0.1, -0.05) is 154 Å². The molecule has 0 fully saturated rings. The summed E-state index contributed by atoms with van der Waals surface area (Å²) in [5.74, 6) is 0. The summed E-state index contributed by atoms with van der Waals surface area (Å²) in [5, 5.41) is 0.757. The smallest absolute Gasteiger partial charge is 1.00 e. The third kappa shape index (κ3) is 28.2. The molecule has 0 aliphatic heterocycles. The van der Waals surface area contributed by atoms with Crippen molar-refractivity contribution in [2.45, 2.75) is 27.7 Å². The van der Waals surface area contributed by atoms with Gasteiger partial charge in [0.05, 0.1) is 5.02 Å². The van der Waals surface area contributed by atoms with Crippen molar-refractivity contribution in [3.05, 3.63) is 228 Å². The fraction of sp³-hybridized carbons (Fsp3) is 0.0851. The van der Waals surface area contributed by atoms with Gasteiger partial charge in [-0.2, -0.15) is 54.4 Å². The van der Waals surface area contributed by atoms with Crippen LogP contribution in [-0.4, -0.2) is 92.2 Å². The average Bonchev–Trinajstić information content (AvgIpc) is 3.18. The molecule has 7 aromatic rings. The molecule has 0 aliphatic carbocycles. The van der Waals surface area contributed by atoms with Gasteiger partial charge in [-0.05, 0) is 101 Å². The zero-order valence-corrected chi connectivity index (χ0v) is 51.0. The molecule has 0 aromatic heterocycles. The molecule has 0 spiro atoms. The van der Waals surface area contributed by atoms with Crippen molar-refractivity contribution in [3.63, 3.8) is 0 Å². The van der Waals surface area contributed by atoms with Crippen LogP contribution in [0.4, 0.5) is 0 Å². The molecule has 0 saturated carbocycles. The van der Waals surface area contributed by atoms with Crippen molar-refractivity contribution >= 4 is 195 Å². The Morgan fingerprint density at radius 1 is 0.500 bits per heavy atom. The Labute approximate surface area is 490 Å². The monoisotopic (exact) mass is 1360 g/mol. The molecule has 0 unspecified atom stereocenters. The van der Waals surface area contributed by atoms with Crippen LogP contribution >= 0.6 is 103 Å². The van der Waals surface area contributed by atoms with Crippen molar-refractivity contribution in [2.75, 3.05) is 0 Å². The van der Waals surface area contributed by atoms with Gasteiger partial charge in [0.25, 0.3) is 0 Å². The number of hydrogen-bond donors (Lipinski definition) is 0. The van der Waals surface area contributed by atoms with Gasteiger partial charge in [-0.25, -0.2) is 0 Å². The van der Waals surface area contributed by atoms with Gasteiger partial charge in [-0.3, -0.25) is 0 Å². The van der Waals surface area contributed by atoms with Crippen LogP contribution in [0, 0.1) is 44.3 Å². The van der Waals surface area contributed by atoms with E-state index in [4.69, 9.17) is 11.6 Å². The zero-order chi connectivity index (χ0) is 39.0. The second-order valence-electron chi connectivity index (χ2n) is 11.7. The van der Waals surface area contributed by atoms with Crippen LogP contribution in [0.15, 0.2) is 179 Å². The van der Waals surface area contributed by atoms with Gasteiger partial charge in [0, 0.05) is 49.7 Å². The average molecular weight is 1360 g/mol. The van der Waals surface area contributed by atoms with E-state index in [2.05, 4.69) is 223 Å². The maximum atomic E-state index is 5.66. The predicted molar refractivity (Wildman–Crippen MR) is 295 cm³/mol. The minimum absolute atomic E-state index is 0. The van der Waals surface area contributed by atoms with Gasteiger partial charge >= 0.3 is 92.2 Å². The fourth-order valence-corrected chi connectivity index (χ4v) is 5.79. The molecule has 292 valence electrons. The molecular formula is C47H47Br3ClI3Mg4. The first-order valence-electron chi connectivity index (χ1n) is 16.5. The first-order valence-corrected chi connectivity index (χ1v) is 25.8. The maximum Gasteiger partial charge on any atom is 2.00 e. The van der Waals surface area contributed by atoms with Crippen LogP contribution in [0.2, 0.25) is 5.02 Å². The first kappa shape index (κ1) is 66.0. The summed E-state index contributed by atoms with van der Waals surface area (Å²) in [7, 11) is 0. The first-order chi connectivity index (χ1) is 25.5. The Bertz CT molecular complexity index is 1940. The second kappa shape index (κ2) is 39.9. The molecular weight excluding hydrogens is 1320 g/mol. The van der Waals surface area contributed by atoms with E-state index in [0.29, 0.717) is 0 Å². The van der Waals surface area contributed by atoms with Gasteiger partial charge in [0.2, 0.25) is 0 Å². The minimum Gasteiger partial charge on any atom is -1.00 e. The number of halogens is 7. The number of rotatable bonds is 2.